The molecule has 0 amide bonds. The van der Waals surface area contributed by atoms with Crippen LogP contribution in [0.4, 0.5) is 0 Å². The normalized spacial score (nSPS) is 12.6. The van der Waals surface area contributed by atoms with Crippen molar-refractivity contribution in [2.75, 3.05) is 14.2 Å². The van der Waals surface area contributed by atoms with Gasteiger partial charge in [0.25, 0.3) is 0 Å². The van der Waals surface area contributed by atoms with Crippen LogP contribution in [0, 0.1) is 0 Å². The van der Waals surface area contributed by atoms with E-state index in [4.69, 9.17) is 9.05 Å². The monoisotopic (exact) mass is 192 g/mol. The van der Waals surface area contributed by atoms with Crippen molar-refractivity contribution >= 4 is 7.60 Å². The maximum atomic E-state index is 11.4. The lowest BCUT2D eigenvalue weighted by atomic mass is 10.2. The highest BCUT2D eigenvalue weighted by Gasteiger charge is 2.14. The molecular weight excluding hydrogens is 175 g/mol. The van der Waals surface area contributed by atoms with Crippen molar-refractivity contribution < 1.29 is 13.6 Å². The Bertz CT molecular complexity index is 169. The first-order valence-electron chi connectivity index (χ1n) is 4.07. The maximum Gasteiger partial charge on any atom is 0.353 e. The van der Waals surface area contributed by atoms with Crippen LogP contribution in [-0.2, 0) is 13.6 Å². The van der Waals surface area contributed by atoms with Crippen LogP contribution in [0.3, 0.4) is 0 Å². The van der Waals surface area contributed by atoms with Gasteiger partial charge in [0, 0.05) is 20.0 Å². The molecule has 0 aromatic carbocycles. The van der Waals surface area contributed by atoms with Gasteiger partial charge in [-0.2, -0.15) is 0 Å². The zero-order valence-corrected chi connectivity index (χ0v) is 8.84. The zero-order chi connectivity index (χ0) is 9.45. The molecule has 0 rings (SSSR count). The summed E-state index contributed by atoms with van der Waals surface area (Å²) in [4.78, 5) is 0. The summed E-state index contributed by atoms with van der Waals surface area (Å²) in [7, 11) is -0.135. The van der Waals surface area contributed by atoms with Gasteiger partial charge in [0.2, 0.25) is 0 Å². The largest absolute Gasteiger partial charge is 0.353 e. The molecule has 0 fully saturated rings. The number of unbranched alkanes of at least 4 members (excludes halogenated alkanes) is 2. The lowest BCUT2D eigenvalue weighted by molar-refractivity contribution is 0.286. The lowest BCUT2D eigenvalue weighted by Gasteiger charge is -2.07. The second kappa shape index (κ2) is 6.41. The van der Waals surface area contributed by atoms with E-state index in [2.05, 4.69) is 6.92 Å². The van der Waals surface area contributed by atoms with Gasteiger partial charge in [0.1, 0.15) is 0 Å². The van der Waals surface area contributed by atoms with Gasteiger partial charge in [-0.15, -0.1) is 0 Å². The number of rotatable bonds is 6. The first-order valence-corrected chi connectivity index (χ1v) is 5.68. The van der Waals surface area contributed by atoms with E-state index < -0.39 is 7.60 Å². The number of hydrogen-bond acceptors (Lipinski definition) is 3. The highest BCUT2D eigenvalue weighted by molar-refractivity contribution is 7.57. The molecule has 0 aromatic heterocycles. The first-order chi connectivity index (χ1) is 5.68. The molecule has 0 radical (unpaired) electrons. The Morgan fingerprint density at radius 2 is 1.92 bits per heavy atom. The minimum atomic E-state index is -2.90. The third-order valence-electron chi connectivity index (χ3n) is 1.52. The van der Waals surface area contributed by atoms with Crippen molar-refractivity contribution in [3.63, 3.8) is 0 Å². The van der Waals surface area contributed by atoms with Crippen LogP contribution in [0.15, 0.2) is 11.9 Å². The summed E-state index contributed by atoms with van der Waals surface area (Å²) in [6.45, 7) is 2.11. The second-order valence-corrected chi connectivity index (χ2v) is 4.54. The van der Waals surface area contributed by atoms with Crippen molar-refractivity contribution in [2.24, 2.45) is 0 Å². The molecule has 12 heavy (non-hydrogen) atoms. The van der Waals surface area contributed by atoms with E-state index in [0.29, 0.717) is 0 Å². The van der Waals surface area contributed by atoms with Crippen molar-refractivity contribution in [3.05, 3.63) is 11.9 Å². The molecule has 0 heterocycles. The Morgan fingerprint density at radius 1 is 1.33 bits per heavy atom. The summed E-state index contributed by atoms with van der Waals surface area (Å²) >= 11 is 0. The third kappa shape index (κ3) is 4.70. The van der Waals surface area contributed by atoms with Gasteiger partial charge in [0.05, 0.1) is 0 Å². The summed E-state index contributed by atoms with van der Waals surface area (Å²) in [5.74, 6) is 1.52. The molecule has 0 saturated carbocycles. The van der Waals surface area contributed by atoms with E-state index in [1.165, 1.54) is 20.0 Å². The minimum absolute atomic E-state index is 0.924. The molecule has 0 unspecified atom stereocenters. The van der Waals surface area contributed by atoms with Gasteiger partial charge in [-0.1, -0.05) is 25.8 Å². The fourth-order valence-electron chi connectivity index (χ4n) is 0.722. The topological polar surface area (TPSA) is 35.5 Å². The molecule has 0 aromatic rings. The predicted molar refractivity (Wildman–Crippen MR) is 50.3 cm³/mol. The molecule has 72 valence electrons. The van der Waals surface area contributed by atoms with Crippen molar-refractivity contribution in [3.8, 4) is 0 Å². The maximum absolute atomic E-state index is 11.4. The molecule has 0 atom stereocenters. The van der Waals surface area contributed by atoms with Gasteiger partial charge in [-0.25, -0.2) is 0 Å². The van der Waals surface area contributed by atoms with E-state index >= 15 is 0 Å². The van der Waals surface area contributed by atoms with Crippen LogP contribution in [0.1, 0.15) is 26.2 Å². The SMILES string of the molecule is CCCCC=CP(=O)(OC)OC. The Labute approximate surface area is 74.3 Å². The van der Waals surface area contributed by atoms with E-state index in [0.717, 1.165) is 19.3 Å². The van der Waals surface area contributed by atoms with Crippen LogP contribution < -0.4 is 0 Å². The minimum Gasteiger partial charge on any atom is -0.309 e. The van der Waals surface area contributed by atoms with Crippen LogP contribution in [-0.4, -0.2) is 14.2 Å². The molecule has 0 aliphatic carbocycles. The Balaban J connectivity index is 3.85. The lowest BCUT2D eigenvalue weighted by Crippen LogP contribution is -1.83. The van der Waals surface area contributed by atoms with E-state index in [9.17, 15) is 4.57 Å². The van der Waals surface area contributed by atoms with Crippen LogP contribution in [0.5, 0.6) is 0 Å². The summed E-state index contributed by atoms with van der Waals surface area (Å²) in [6.07, 6.45) is 5.00. The van der Waals surface area contributed by atoms with Crippen molar-refractivity contribution in [2.45, 2.75) is 26.2 Å². The van der Waals surface area contributed by atoms with E-state index in [1.807, 2.05) is 6.08 Å². The highest BCUT2D eigenvalue weighted by atomic mass is 31.2. The summed E-state index contributed by atoms with van der Waals surface area (Å²) in [5, 5.41) is 0. The first kappa shape index (κ1) is 11.9. The molecule has 0 bridgehead atoms. The van der Waals surface area contributed by atoms with Gasteiger partial charge in [-0.3, -0.25) is 4.57 Å². The van der Waals surface area contributed by atoms with Crippen LogP contribution >= 0.6 is 7.60 Å². The predicted octanol–water partition coefficient (Wildman–Crippen LogP) is 3.18. The zero-order valence-electron chi connectivity index (χ0n) is 7.95. The highest BCUT2D eigenvalue weighted by Crippen LogP contribution is 2.47. The Morgan fingerprint density at radius 3 is 2.33 bits per heavy atom. The number of allylic oxidation sites excluding steroid dienone is 1. The molecule has 0 aliphatic heterocycles. The summed E-state index contributed by atoms with van der Waals surface area (Å²) < 4.78 is 20.8. The standard InChI is InChI=1S/C8H17O3P/c1-4-5-6-7-8-12(9,10-2)11-3/h7-8H,4-6H2,1-3H3. The molecule has 0 spiro atoms. The molecule has 0 N–H and O–H groups in total. The van der Waals surface area contributed by atoms with Crippen molar-refractivity contribution in [1.82, 2.24) is 0 Å². The van der Waals surface area contributed by atoms with E-state index in [1.54, 1.807) is 0 Å². The molecule has 4 heteroatoms. The third-order valence-corrected chi connectivity index (χ3v) is 3.12. The Hall–Kier alpha value is -0.110. The second-order valence-electron chi connectivity index (χ2n) is 2.43. The summed E-state index contributed by atoms with van der Waals surface area (Å²) in [6, 6.07) is 0. The van der Waals surface area contributed by atoms with Gasteiger partial charge in [0.15, 0.2) is 0 Å². The van der Waals surface area contributed by atoms with Crippen LogP contribution in [0.25, 0.3) is 0 Å². The molecule has 0 aliphatic rings. The molecule has 3 nitrogen and oxygen atoms in total. The Kier molecular flexibility index (Phi) is 6.35. The van der Waals surface area contributed by atoms with Gasteiger partial charge >= 0.3 is 7.60 Å². The average Bonchev–Trinajstić information content (AvgIpc) is 2.12. The van der Waals surface area contributed by atoms with Gasteiger partial charge in [-0.05, 0) is 6.42 Å². The van der Waals surface area contributed by atoms with E-state index in [-0.39, 0.29) is 0 Å². The summed E-state index contributed by atoms with van der Waals surface area (Å²) in [5.41, 5.74) is 0. The fraction of sp³-hybridized carbons (Fsp3) is 0.750. The van der Waals surface area contributed by atoms with Crippen molar-refractivity contribution in [1.29, 1.82) is 0 Å². The fourth-order valence-corrected chi connectivity index (χ4v) is 1.52. The smallest absolute Gasteiger partial charge is 0.309 e. The van der Waals surface area contributed by atoms with Crippen LogP contribution in [0.2, 0.25) is 0 Å². The molecular formula is C8H17O3P. The molecule has 0 saturated heterocycles. The number of hydrogen-bond donors (Lipinski definition) is 0. The quantitative estimate of drug-likeness (QED) is 0.479. The van der Waals surface area contributed by atoms with Gasteiger partial charge < -0.3 is 9.05 Å². The average molecular weight is 192 g/mol.